The third-order valence-electron chi connectivity index (χ3n) is 1.23. The van der Waals surface area contributed by atoms with Crippen LogP contribution in [0.5, 0.6) is 0 Å². The fourth-order valence-electron chi connectivity index (χ4n) is 0.553. The number of amidine groups is 1. The van der Waals surface area contributed by atoms with Crippen LogP contribution in [0.4, 0.5) is 4.79 Å². The highest BCUT2D eigenvalue weighted by Gasteiger charge is 2.24. The van der Waals surface area contributed by atoms with Gasteiger partial charge in [0.05, 0.1) is 5.70 Å². The lowest BCUT2D eigenvalue weighted by Gasteiger charge is -2.03. The molecule has 1 aliphatic heterocycles. The molecular weight excluding hydrogens is 118 g/mol. The van der Waals surface area contributed by atoms with Crippen LogP contribution in [0.1, 0.15) is 0 Å². The average Bonchev–Trinajstić information content (AvgIpc) is 1.98. The number of hydrogen-bond donors (Lipinski definition) is 2. The third kappa shape index (κ3) is 0.679. The van der Waals surface area contributed by atoms with Gasteiger partial charge in [0, 0.05) is 7.05 Å². The Hall–Kier alpha value is -1.32. The molecule has 9 heavy (non-hydrogen) atoms. The van der Waals surface area contributed by atoms with Crippen molar-refractivity contribution in [2.24, 2.45) is 0 Å². The van der Waals surface area contributed by atoms with Crippen LogP contribution in [-0.4, -0.2) is 23.8 Å². The zero-order valence-electron chi connectivity index (χ0n) is 5.06. The van der Waals surface area contributed by atoms with E-state index < -0.39 is 0 Å². The highest BCUT2D eigenvalue weighted by molar-refractivity contribution is 6.12. The topological polar surface area (TPSA) is 56.2 Å². The van der Waals surface area contributed by atoms with Crippen LogP contribution in [0, 0.1) is 5.41 Å². The number of likely N-dealkylation sites (N-methyl/N-ethyl adjacent to an activating group) is 1. The van der Waals surface area contributed by atoms with Crippen molar-refractivity contribution in [2.75, 3.05) is 7.05 Å². The Bertz CT molecular complexity index is 196. The van der Waals surface area contributed by atoms with E-state index in [9.17, 15) is 4.79 Å². The molecule has 0 atom stereocenters. The monoisotopic (exact) mass is 125 g/mol. The van der Waals surface area contributed by atoms with Crippen LogP contribution < -0.4 is 5.32 Å². The van der Waals surface area contributed by atoms with Crippen molar-refractivity contribution in [3.8, 4) is 0 Å². The largest absolute Gasteiger partial charge is 0.327 e. The van der Waals surface area contributed by atoms with Gasteiger partial charge in [-0.3, -0.25) is 15.6 Å². The summed E-state index contributed by atoms with van der Waals surface area (Å²) >= 11 is 0. The second-order valence-electron chi connectivity index (χ2n) is 1.81. The van der Waals surface area contributed by atoms with Crippen LogP contribution >= 0.6 is 0 Å². The molecule has 1 aliphatic rings. The van der Waals surface area contributed by atoms with Gasteiger partial charge in [-0.15, -0.1) is 0 Å². The molecular formula is C5H7N3O. The number of hydrogen-bond acceptors (Lipinski definition) is 2. The van der Waals surface area contributed by atoms with Gasteiger partial charge >= 0.3 is 6.03 Å². The summed E-state index contributed by atoms with van der Waals surface area (Å²) in [7, 11) is 1.57. The van der Waals surface area contributed by atoms with Crippen molar-refractivity contribution in [3.05, 3.63) is 12.3 Å². The first-order valence-corrected chi connectivity index (χ1v) is 2.45. The predicted molar refractivity (Wildman–Crippen MR) is 33.2 cm³/mol. The van der Waals surface area contributed by atoms with E-state index in [4.69, 9.17) is 5.41 Å². The molecule has 0 aromatic rings. The van der Waals surface area contributed by atoms with E-state index >= 15 is 0 Å². The second kappa shape index (κ2) is 1.58. The Labute approximate surface area is 52.7 Å². The van der Waals surface area contributed by atoms with E-state index in [2.05, 4.69) is 11.9 Å². The molecule has 48 valence electrons. The number of urea groups is 1. The minimum Gasteiger partial charge on any atom is -0.294 e. The standard InChI is InChI=1S/C5H7N3O/c1-3-4(6)7-5(9)8(3)2/h1H2,2H3,(H2,6,7,9). The highest BCUT2D eigenvalue weighted by atomic mass is 16.2. The van der Waals surface area contributed by atoms with Gasteiger partial charge in [-0.1, -0.05) is 6.58 Å². The number of carbonyl (C=O) groups is 1. The summed E-state index contributed by atoms with van der Waals surface area (Å²) in [6.07, 6.45) is 0. The van der Waals surface area contributed by atoms with Gasteiger partial charge in [0.2, 0.25) is 0 Å². The lowest BCUT2D eigenvalue weighted by molar-refractivity contribution is 0.230. The first-order chi connectivity index (χ1) is 4.13. The average molecular weight is 125 g/mol. The maximum Gasteiger partial charge on any atom is 0.327 e. The number of carbonyl (C=O) groups excluding carboxylic acids is 1. The lowest BCUT2D eigenvalue weighted by atomic mass is 10.5. The summed E-state index contributed by atoms with van der Waals surface area (Å²) in [5.74, 6) is 0.0856. The van der Waals surface area contributed by atoms with E-state index in [1.54, 1.807) is 7.05 Å². The van der Waals surface area contributed by atoms with Crippen molar-refractivity contribution < 1.29 is 4.79 Å². The number of rotatable bonds is 0. The predicted octanol–water partition coefficient (Wildman–Crippen LogP) is 0.132. The Morgan fingerprint density at radius 2 is 2.33 bits per heavy atom. The van der Waals surface area contributed by atoms with Gasteiger partial charge < -0.3 is 0 Å². The Morgan fingerprint density at radius 1 is 1.78 bits per heavy atom. The van der Waals surface area contributed by atoms with E-state index in [0.29, 0.717) is 5.70 Å². The van der Waals surface area contributed by atoms with E-state index in [0.717, 1.165) is 0 Å². The molecule has 0 aromatic carbocycles. The molecule has 0 radical (unpaired) electrons. The lowest BCUT2D eigenvalue weighted by Crippen LogP contribution is -2.23. The van der Waals surface area contributed by atoms with Crippen molar-refractivity contribution in [2.45, 2.75) is 0 Å². The fraction of sp³-hybridized carbons (Fsp3) is 0.200. The number of nitrogens with zero attached hydrogens (tertiary/aromatic N) is 1. The van der Waals surface area contributed by atoms with Crippen molar-refractivity contribution in [1.29, 1.82) is 5.41 Å². The zero-order chi connectivity index (χ0) is 7.02. The molecule has 4 heteroatoms. The molecule has 1 heterocycles. The first-order valence-electron chi connectivity index (χ1n) is 2.45. The zero-order valence-corrected chi connectivity index (χ0v) is 5.06. The number of nitrogens with one attached hydrogen (secondary N) is 2. The van der Waals surface area contributed by atoms with Gasteiger partial charge in [0.15, 0.2) is 0 Å². The molecule has 0 aliphatic carbocycles. The van der Waals surface area contributed by atoms with E-state index in [1.807, 2.05) is 0 Å². The maximum absolute atomic E-state index is 10.6. The molecule has 2 N–H and O–H groups in total. The first kappa shape index (κ1) is 5.81. The molecule has 0 saturated carbocycles. The van der Waals surface area contributed by atoms with E-state index in [-0.39, 0.29) is 11.9 Å². The van der Waals surface area contributed by atoms with E-state index in [1.165, 1.54) is 4.90 Å². The molecule has 0 spiro atoms. The van der Waals surface area contributed by atoms with Gasteiger partial charge in [-0.2, -0.15) is 0 Å². The van der Waals surface area contributed by atoms with Crippen molar-refractivity contribution in [1.82, 2.24) is 10.2 Å². The van der Waals surface area contributed by atoms with Crippen molar-refractivity contribution >= 4 is 11.9 Å². The summed E-state index contributed by atoms with van der Waals surface area (Å²) in [4.78, 5) is 11.9. The Morgan fingerprint density at radius 3 is 2.44 bits per heavy atom. The van der Waals surface area contributed by atoms with Gasteiger partial charge in [0.25, 0.3) is 0 Å². The minimum absolute atomic E-state index is 0.0856. The molecule has 1 fully saturated rings. The molecule has 0 aromatic heterocycles. The van der Waals surface area contributed by atoms with Gasteiger partial charge in [0.1, 0.15) is 5.84 Å². The summed E-state index contributed by atoms with van der Waals surface area (Å²) in [5.41, 5.74) is 0.417. The summed E-state index contributed by atoms with van der Waals surface area (Å²) < 4.78 is 0. The Kier molecular flexibility index (Phi) is 1.02. The quantitative estimate of drug-likeness (QED) is 0.475. The summed E-state index contributed by atoms with van der Waals surface area (Å²) in [6, 6.07) is -0.287. The molecule has 2 amide bonds. The molecule has 1 saturated heterocycles. The minimum atomic E-state index is -0.287. The van der Waals surface area contributed by atoms with Crippen LogP contribution in [-0.2, 0) is 0 Å². The van der Waals surface area contributed by atoms with Gasteiger partial charge in [-0.25, -0.2) is 4.79 Å². The number of amides is 2. The summed E-state index contributed by atoms with van der Waals surface area (Å²) in [5, 5.41) is 9.33. The van der Waals surface area contributed by atoms with Crippen LogP contribution in [0.25, 0.3) is 0 Å². The van der Waals surface area contributed by atoms with Gasteiger partial charge in [-0.05, 0) is 0 Å². The third-order valence-corrected chi connectivity index (χ3v) is 1.23. The normalized spacial score (nSPS) is 18.8. The van der Waals surface area contributed by atoms with Crippen LogP contribution in [0.2, 0.25) is 0 Å². The SMILES string of the molecule is C=C1C(=N)NC(=O)N1C. The molecule has 0 bridgehead atoms. The molecule has 4 nitrogen and oxygen atoms in total. The molecule has 0 unspecified atom stereocenters. The second-order valence-corrected chi connectivity index (χ2v) is 1.81. The smallest absolute Gasteiger partial charge is 0.294 e. The molecule has 1 rings (SSSR count). The van der Waals surface area contributed by atoms with Crippen LogP contribution in [0.15, 0.2) is 12.3 Å². The van der Waals surface area contributed by atoms with Crippen molar-refractivity contribution in [3.63, 3.8) is 0 Å². The maximum atomic E-state index is 10.6. The van der Waals surface area contributed by atoms with Crippen LogP contribution in [0.3, 0.4) is 0 Å². The fourth-order valence-corrected chi connectivity index (χ4v) is 0.553. The summed E-state index contributed by atoms with van der Waals surface area (Å²) in [6.45, 7) is 3.48. The highest BCUT2D eigenvalue weighted by Crippen LogP contribution is 2.05. The Balaban J connectivity index is 2.90.